The van der Waals surface area contributed by atoms with Crippen molar-refractivity contribution in [3.63, 3.8) is 0 Å². The molecule has 224 valence electrons. The topological polar surface area (TPSA) is 88.2 Å². The van der Waals surface area contributed by atoms with E-state index < -0.39 is 30.5 Å². The second-order valence-electron chi connectivity index (χ2n) is 10.8. The van der Waals surface area contributed by atoms with Gasteiger partial charge >= 0.3 is 12.1 Å². The third-order valence-electron chi connectivity index (χ3n) is 7.76. The van der Waals surface area contributed by atoms with Gasteiger partial charge in [0.25, 0.3) is 0 Å². The second kappa shape index (κ2) is 16.1. The number of rotatable bonds is 14. The third-order valence-corrected chi connectivity index (χ3v) is 7.76. The van der Waals surface area contributed by atoms with Crippen LogP contribution in [0.4, 0.5) is 9.18 Å². The Balaban J connectivity index is 1.90. The molecule has 2 unspecified atom stereocenters. The summed E-state index contributed by atoms with van der Waals surface area (Å²) in [5.74, 6) is -0.641. The number of hydrogen-bond acceptors (Lipinski definition) is 6. The number of likely N-dealkylation sites (N-methyl/N-ethyl adjacent to an activating group) is 1. The van der Waals surface area contributed by atoms with E-state index in [1.54, 1.807) is 11.9 Å². The molecule has 41 heavy (non-hydrogen) atoms. The molecule has 9 heteroatoms. The molecule has 8 nitrogen and oxygen atoms in total. The molecule has 0 radical (unpaired) electrons. The highest BCUT2D eigenvalue weighted by Gasteiger charge is 2.48. The summed E-state index contributed by atoms with van der Waals surface area (Å²) in [6, 6.07) is 17.8. The summed E-state index contributed by atoms with van der Waals surface area (Å²) in [7, 11) is 1.68. The van der Waals surface area contributed by atoms with Gasteiger partial charge in [0.2, 0.25) is 12.3 Å². The number of amides is 2. The van der Waals surface area contributed by atoms with Crippen molar-refractivity contribution in [1.82, 2.24) is 15.1 Å². The Labute approximate surface area is 243 Å². The number of nitrogens with one attached hydrogen (secondary N) is 1. The highest BCUT2D eigenvalue weighted by molar-refractivity contribution is 5.77. The fourth-order valence-corrected chi connectivity index (χ4v) is 5.41. The summed E-state index contributed by atoms with van der Waals surface area (Å²) < 4.78 is 25.4. The van der Waals surface area contributed by atoms with Crippen LogP contribution in [-0.2, 0) is 32.2 Å². The summed E-state index contributed by atoms with van der Waals surface area (Å²) >= 11 is 0. The molecule has 1 aliphatic rings. The van der Waals surface area contributed by atoms with Crippen molar-refractivity contribution in [3.8, 4) is 0 Å². The summed E-state index contributed by atoms with van der Waals surface area (Å²) in [6.45, 7) is 6.41. The first-order chi connectivity index (χ1) is 19.7. The minimum absolute atomic E-state index is 0.0993. The molecule has 0 bridgehead atoms. The molecule has 1 fully saturated rings. The summed E-state index contributed by atoms with van der Waals surface area (Å²) in [5.41, 5.74) is 1.86. The zero-order valence-electron chi connectivity index (χ0n) is 24.6. The van der Waals surface area contributed by atoms with Gasteiger partial charge in [0.1, 0.15) is 12.6 Å². The zero-order valence-corrected chi connectivity index (χ0v) is 24.6. The van der Waals surface area contributed by atoms with Crippen molar-refractivity contribution in [3.05, 3.63) is 71.8 Å². The van der Waals surface area contributed by atoms with Crippen LogP contribution in [0.2, 0.25) is 0 Å². The van der Waals surface area contributed by atoms with Gasteiger partial charge in [-0.05, 0) is 36.3 Å². The van der Waals surface area contributed by atoms with Crippen molar-refractivity contribution >= 4 is 18.0 Å². The Morgan fingerprint density at radius 3 is 2.27 bits per heavy atom. The number of nitrogens with zero attached hydrogens (tertiary/aromatic N) is 2. The van der Waals surface area contributed by atoms with E-state index in [1.807, 2.05) is 72.5 Å². The quantitative estimate of drug-likeness (QED) is 0.304. The van der Waals surface area contributed by atoms with E-state index in [4.69, 9.17) is 9.47 Å². The number of alkyl halides is 1. The predicted octanol–water partition coefficient (Wildman–Crippen LogP) is 5.46. The fourth-order valence-electron chi connectivity index (χ4n) is 5.41. The number of hydrogen-bond donors (Lipinski definition) is 1. The lowest BCUT2D eigenvalue weighted by Gasteiger charge is -2.36. The Morgan fingerprint density at radius 1 is 1.05 bits per heavy atom. The van der Waals surface area contributed by atoms with Crippen LogP contribution in [-0.4, -0.2) is 65.8 Å². The number of benzene rings is 2. The van der Waals surface area contributed by atoms with Crippen LogP contribution in [0.5, 0.6) is 0 Å². The van der Waals surface area contributed by atoms with Crippen molar-refractivity contribution < 1.29 is 28.2 Å². The molecule has 0 saturated carbocycles. The van der Waals surface area contributed by atoms with Crippen LogP contribution < -0.4 is 5.32 Å². The van der Waals surface area contributed by atoms with E-state index in [2.05, 4.69) is 12.2 Å². The molecule has 1 saturated heterocycles. The maximum Gasteiger partial charge on any atom is 0.410 e. The van der Waals surface area contributed by atoms with E-state index in [9.17, 15) is 18.8 Å². The number of likely N-dealkylation sites (tertiary alicyclic amines) is 1. The van der Waals surface area contributed by atoms with Gasteiger partial charge in [-0.2, -0.15) is 0 Å². The number of halogens is 1. The molecule has 5 atom stereocenters. The molecule has 3 rings (SSSR count). The number of carbonyl (C=O) groups excluding carboxylic acids is 3. The van der Waals surface area contributed by atoms with Crippen molar-refractivity contribution in [1.29, 1.82) is 0 Å². The summed E-state index contributed by atoms with van der Waals surface area (Å²) in [6.07, 6.45) is 0.190. The number of ether oxygens (including phenoxy) is 2. The largest absolute Gasteiger partial charge is 0.445 e. The van der Waals surface area contributed by atoms with Crippen molar-refractivity contribution in [2.24, 2.45) is 5.92 Å². The fraction of sp³-hybridized carbons (Fsp3) is 0.531. The maximum atomic E-state index is 14.5. The van der Waals surface area contributed by atoms with Crippen LogP contribution in [0.15, 0.2) is 60.7 Å². The Morgan fingerprint density at radius 2 is 1.68 bits per heavy atom. The minimum Gasteiger partial charge on any atom is -0.445 e. The summed E-state index contributed by atoms with van der Waals surface area (Å²) in [4.78, 5) is 41.9. The minimum atomic E-state index is -1.68. The molecule has 0 aromatic heterocycles. The van der Waals surface area contributed by atoms with E-state index in [0.29, 0.717) is 25.9 Å². The molecule has 0 spiro atoms. The molecular formula is C32H44FN3O5. The van der Waals surface area contributed by atoms with Gasteiger partial charge in [-0.15, -0.1) is 0 Å². The normalized spacial score (nSPS) is 20.2. The highest BCUT2D eigenvalue weighted by Crippen LogP contribution is 2.35. The lowest BCUT2D eigenvalue weighted by Crippen LogP contribution is -2.48. The Bertz CT molecular complexity index is 1100. The van der Waals surface area contributed by atoms with E-state index in [-0.39, 0.29) is 37.3 Å². The first-order valence-electron chi connectivity index (χ1n) is 14.6. The van der Waals surface area contributed by atoms with Crippen LogP contribution in [0.3, 0.4) is 0 Å². The molecule has 2 amide bonds. The van der Waals surface area contributed by atoms with Gasteiger partial charge < -0.3 is 19.7 Å². The first-order valence-corrected chi connectivity index (χ1v) is 14.6. The number of esters is 1. The lowest BCUT2D eigenvalue weighted by molar-refractivity contribution is -0.164. The molecule has 2 aromatic rings. The van der Waals surface area contributed by atoms with Crippen molar-refractivity contribution in [2.45, 2.75) is 90.5 Å². The average Bonchev–Trinajstić information content (AvgIpc) is 3.32. The van der Waals surface area contributed by atoms with E-state index >= 15 is 0 Å². The maximum absolute atomic E-state index is 14.5. The Hall–Kier alpha value is -3.46. The van der Waals surface area contributed by atoms with Gasteiger partial charge in [0.15, 0.2) is 0 Å². The SMILES string of the molecule is CCCC(F)OC(=O)[C@H]1C[C@@H](N(C)C(=O)OCc2ccccc2)[C@H](CC(CC)CNC(C)=O)N1Cc1ccccc1. The molecular weight excluding hydrogens is 525 g/mol. The summed E-state index contributed by atoms with van der Waals surface area (Å²) in [5, 5.41) is 2.91. The zero-order chi connectivity index (χ0) is 29.8. The predicted molar refractivity (Wildman–Crippen MR) is 155 cm³/mol. The van der Waals surface area contributed by atoms with E-state index in [1.165, 1.54) is 6.92 Å². The van der Waals surface area contributed by atoms with Gasteiger partial charge in [-0.3, -0.25) is 14.5 Å². The molecule has 1 N–H and O–H groups in total. The molecule has 1 aliphatic heterocycles. The van der Waals surface area contributed by atoms with Gasteiger partial charge in [-0.25, -0.2) is 9.18 Å². The van der Waals surface area contributed by atoms with Gasteiger partial charge in [-0.1, -0.05) is 80.9 Å². The highest BCUT2D eigenvalue weighted by atomic mass is 19.1. The van der Waals surface area contributed by atoms with Crippen LogP contribution in [0, 0.1) is 5.92 Å². The van der Waals surface area contributed by atoms with Crippen LogP contribution in [0.1, 0.15) is 64.0 Å². The monoisotopic (exact) mass is 569 g/mol. The first kappa shape index (κ1) is 32.1. The van der Waals surface area contributed by atoms with Gasteiger partial charge in [0, 0.05) is 39.5 Å². The van der Waals surface area contributed by atoms with Crippen LogP contribution in [0.25, 0.3) is 0 Å². The van der Waals surface area contributed by atoms with E-state index in [0.717, 1.165) is 17.5 Å². The number of carbonyl (C=O) groups is 3. The molecule has 2 aromatic carbocycles. The Kier molecular flexibility index (Phi) is 12.6. The third kappa shape index (κ3) is 9.56. The smallest absolute Gasteiger partial charge is 0.410 e. The standard InChI is InChI=1S/C32H44FN3O5/c1-5-13-30(33)41-31(38)29-19-27(35(4)32(39)40-22-26-16-11-8-12-17-26)28(18-24(6-2)20-34-23(3)37)36(29)21-25-14-9-7-10-15-25/h7-12,14-17,24,27-30H,5-6,13,18-22H2,1-4H3,(H,34,37)/t24?,27-,28+,29-,30?/m1/s1. The molecule has 0 aliphatic carbocycles. The van der Waals surface area contributed by atoms with Crippen molar-refractivity contribution in [2.75, 3.05) is 13.6 Å². The average molecular weight is 570 g/mol. The lowest BCUT2D eigenvalue weighted by atomic mass is 9.92. The van der Waals surface area contributed by atoms with Crippen LogP contribution >= 0.6 is 0 Å². The van der Waals surface area contributed by atoms with Gasteiger partial charge in [0.05, 0.1) is 6.04 Å². The molecule has 1 heterocycles. The second-order valence-corrected chi connectivity index (χ2v) is 10.8.